The first-order valence-electron chi connectivity index (χ1n) is 11.8. The molecule has 0 spiro atoms. The number of nitrogens with one attached hydrogen (secondary N) is 1. The van der Waals surface area contributed by atoms with Gasteiger partial charge in [0.05, 0.1) is 16.7 Å². The Bertz CT molecular complexity index is 1020. The van der Waals surface area contributed by atoms with Crippen molar-refractivity contribution in [2.75, 3.05) is 71.2 Å². The molecule has 33 heavy (non-hydrogen) atoms. The lowest BCUT2D eigenvalue weighted by atomic mass is 10.0. The van der Waals surface area contributed by atoms with Crippen molar-refractivity contribution in [2.45, 2.75) is 24.9 Å². The molecule has 0 unspecified atom stereocenters. The molecule has 2 aromatic rings. The number of sulfonamides is 1. The summed E-state index contributed by atoms with van der Waals surface area (Å²) in [5.41, 5.74) is 3.88. The molecule has 8 heteroatoms. The fourth-order valence-electron chi connectivity index (χ4n) is 4.67. The number of likely N-dealkylation sites (N-methyl/N-ethyl adjacent to an activating group) is 2. The molecule has 2 heterocycles. The Morgan fingerprint density at radius 3 is 1.73 bits per heavy atom. The van der Waals surface area contributed by atoms with Crippen LogP contribution in [0.3, 0.4) is 0 Å². The maximum Gasteiger partial charge on any atom is 0.261 e. The van der Waals surface area contributed by atoms with Crippen molar-refractivity contribution in [3.05, 3.63) is 59.2 Å². The zero-order valence-corrected chi connectivity index (χ0v) is 21.1. The summed E-state index contributed by atoms with van der Waals surface area (Å²) < 4.78 is 29.4. The van der Waals surface area contributed by atoms with Gasteiger partial charge in [-0.15, -0.1) is 0 Å². The number of benzene rings is 2. The van der Waals surface area contributed by atoms with Gasteiger partial charge in [-0.1, -0.05) is 35.4 Å². The molecule has 7 nitrogen and oxygen atoms in total. The fourth-order valence-corrected chi connectivity index (χ4v) is 5.75. The number of aryl methyl sites for hydroxylation is 2. The first-order valence-corrected chi connectivity index (χ1v) is 13.3. The molecular formula is C25H37N5O2S. The topological polar surface area (TPSA) is 59.1 Å². The zero-order chi connectivity index (χ0) is 23.6. The van der Waals surface area contributed by atoms with E-state index in [9.17, 15) is 8.42 Å². The molecule has 2 aliphatic heterocycles. The molecule has 2 saturated heterocycles. The summed E-state index contributed by atoms with van der Waals surface area (Å²) in [6.07, 6.45) is 0.0445. The van der Waals surface area contributed by atoms with Gasteiger partial charge in [0.25, 0.3) is 10.0 Å². The molecule has 0 atom stereocenters. The van der Waals surface area contributed by atoms with Gasteiger partial charge in [0.2, 0.25) is 0 Å². The Kier molecular flexibility index (Phi) is 7.40. The van der Waals surface area contributed by atoms with Crippen molar-refractivity contribution < 1.29 is 8.42 Å². The summed E-state index contributed by atoms with van der Waals surface area (Å²) in [7, 11) is 0.644. The van der Waals surface area contributed by atoms with Crippen LogP contribution in [0.2, 0.25) is 0 Å². The maximum absolute atomic E-state index is 13.3. The number of piperazine rings is 2. The predicted octanol–water partition coefficient (Wildman–Crippen LogP) is 2.60. The molecule has 2 fully saturated rings. The largest absolute Gasteiger partial charge is 0.304 e. The Balaban J connectivity index is 1.70. The molecule has 4 rings (SSSR count). The van der Waals surface area contributed by atoms with Crippen LogP contribution >= 0.6 is 0 Å². The molecule has 1 N–H and O–H groups in total. The van der Waals surface area contributed by atoms with Gasteiger partial charge in [0.15, 0.2) is 0 Å². The van der Waals surface area contributed by atoms with Crippen molar-refractivity contribution in [2.24, 2.45) is 0 Å². The van der Waals surface area contributed by atoms with Crippen LogP contribution in [0, 0.1) is 13.8 Å². The number of rotatable bonds is 6. The van der Waals surface area contributed by atoms with E-state index in [-0.39, 0.29) is 11.1 Å². The van der Waals surface area contributed by atoms with E-state index in [4.69, 9.17) is 0 Å². The van der Waals surface area contributed by atoms with Crippen molar-refractivity contribution in [1.29, 1.82) is 0 Å². The van der Waals surface area contributed by atoms with E-state index in [2.05, 4.69) is 51.4 Å². The second-order valence-electron chi connectivity index (χ2n) is 9.56. The zero-order valence-electron chi connectivity index (χ0n) is 20.3. The van der Waals surface area contributed by atoms with Gasteiger partial charge in [-0.25, -0.2) is 8.42 Å². The second kappa shape index (κ2) is 10.1. The highest BCUT2D eigenvalue weighted by atomic mass is 32.2. The molecule has 2 aromatic carbocycles. The molecule has 0 amide bonds. The Morgan fingerprint density at radius 1 is 0.727 bits per heavy atom. The van der Waals surface area contributed by atoms with E-state index in [0.717, 1.165) is 69.0 Å². The number of anilines is 1. The average Bonchev–Trinajstić information content (AvgIpc) is 2.78. The van der Waals surface area contributed by atoms with Crippen molar-refractivity contribution in [1.82, 2.24) is 19.6 Å². The van der Waals surface area contributed by atoms with Crippen molar-refractivity contribution in [3.8, 4) is 0 Å². The van der Waals surface area contributed by atoms with Crippen LogP contribution in [0.15, 0.2) is 47.4 Å². The molecule has 2 aliphatic rings. The van der Waals surface area contributed by atoms with Gasteiger partial charge < -0.3 is 9.80 Å². The van der Waals surface area contributed by atoms with Gasteiger partial charge in [-0.2, -0.15) is 0 Å². The van der Waals surface area contributed by atoms with E-state index < -0.39 is 10.0 Å². The Hall–Kier alpha value is -1.97. The number of hydrogen-bond donors (Lipinski definition) is 1. The second-order valence-corrected chi connectivity index (χ2v) is 11.2. The Morgan fingerprint density at radius 2 is 1.21 bits per heavy atom. The SMILES string of the molecule is Cc1ccc(S(=O)(=O)Nc2ccc(C)cc2C(N2CCN(C)CC2)N2CCN(C)CC2)cc1. The van der Waals surface area contributed by atoms with Crippen LogP contribution in [-0.4, -0.2) is 94.5 Å². The van der Waals surface area contributed by atoms with Gasteiger partial charge >= 0.3 is 0 Å². The number of hydrogen-bond acceptors (Lipinski definition) is 6. The lowest BCUT2D eigenvalue weighted by Crippen LogP contribution is -2.54. The van der Waals surface area contributed by atoms with Gasteiger partial charge in [0, 0.05) is 57.9 Å². The first-order chi connectivity index (χ1) is 15.7. The third-order valence-corrected chi connectivity index (χ3v) is 8.21. The smallest absolute Gasteiger partial charge is 0.261 e. The van der Waals surface area contributed by atoms with Crippen molar-refractivity contribution >= 4 is 15.7 Å². The van der Waals surface area contributed by atoms with E-state index in [1.165, 1.54) is 0 Å². The van der Waals surface area contributed by atoms with Crippen molar-refractivity contribution in [3.63, 3.8) is 0 Å². The van der Waals surface area contributed by atoms with E-state index in [1.807, 2.05) is 31.2 Å². The minimum atomic E-state index is -3.68. The van der Waals surface area contributed by atoms with E-state index in [0.29, 0.717) is 5.69 Å². The predicted molar refractivity (Wildman–Crippen MR) is 134 cm³/mol. The van der Waals surface area contributed by atoms with E-state index >= 15 is 0 Å². The maximum atomic E-state index is 13.3. The van der Waals surface area contributed by atoms with E-state index in [1.54, 1.807) is 12.1 Å². The summed E-state index contributed by atoms with van der Waals surface area (Å²) in [5.74, 6) is 0. The monoisotopic (exact) mass is 471 g/mol. The third kappa shape index (κ3) is 5.75. The molecule has 180 valence electrons. The standard InChI is InChI=1S/C25H37N5O2S/c1-20-5-8-22(9-6-20)33(31,32)26-24-10-7-21(2)19-23(24)25(29-15-11-27(3)12-16-29)30-17-13-28(4)14-18-30/h5-10,19,25-26H,11-18H2,1-4H3. The summed E-state index contributed by atoms with van der Waals surface area (Å²) in [6.45, 7) is 11.9. The Labute approximate surface area is 199 Å². The summed E-state index contributed by atoms with van der Waals surface area (Å²) in [5, 5.41) is 0. The van der Waals surface area contributed by atoms with Gasteiger partial charge in [-0.05, 0) is 46.1 Å². The quantitative estimate of drug-likeness (QED) is 0.699. The minimum absolute atomic E-state index is 0.0445. The molecule has 0 aromatic heterocycles. The van der Waals surface area contributed by atoms with Crippen LogP contribution in [0.25, 0.3) is 0 Å². The highest BCUT2D eigenvalue weighted by molar-refractivity contribution is 7.92. The average molecular weight is 472 g/mol. The molecule has 0 radical (unpaired) electrons. The number of nitrogens with zero attached hydrogens (tertiary/aromatic N) is 4. The van der Waals surface area contributed by atoms with Gasteiger partial charge in [0.1, 0.15) is 0 Å². The van der Waals surface area contributed by atoms with Crippen LogP contribution in [0.4, 0.5) is 5.69 Å². The summed E-state index contributed by atoms with van der Waals surface area (Å²) in [6, 6.07) is 13.1. The first kappa shape index (κ1) is 24.2. The highest BCUT2D eigenvalue weighted by Gasteiger charge is 2.33. The summed E-state index contributed by atoms with van der Waals surface area (Å²) in [4.78, 5) is 10.0. The lowest BCUT2D eigenvalue weighted by molar-refractivity contribution is -0.0102. The summed E-state index contributed by atoms with van der Waals surface area (Å²) >= 11 is 0. The fraction of sp³-hybridized carbons (Fsp3) is 0.520. The van der Waals surface area contributed by atoms with Crippen LogP contribution in [0.1, 0.15) is 22.9 Å². The third-order valence-electron chi connectivity index (χ3n) is 6.83. The lowest BCUT2D eigenvalue weighted by Gasteiger charge is -2.46. The van der Waals surface area contributed by atoms with Crippen LogP contribution in [-0.2, 0) is 10.0 Å². The molecule has 0 aliphatic carbocycles. The van der Waals surface area contributed by atoms with Crippen LogP contribution in [0.5, 0.6) is 0 Å². The van der Waals surface area contributed by atoms with Gasteiger partial charge in [-0.3, -0.25) is 14.5 Å². The molecular weight excluding hydrogens is 434 g/mol. The molecule has 0 bridgehead atoms. The highest BCUT2D eigenvalue weighted by Crippen LogP contribution is 2.34. The molecule has 0 saturated carbocycles. The van der Waals surface area contributed by atoms with Crippen LogP contribution < -0.4 is 4.72 Å². The minimum Gasteiger partial charge on any atom is -0.304 e. The normalized spacial score (nSPS) is 19.8.